The predicted molar refractivity (Wildman–Crippen MR) is 98.0 cm³/mol. The van der Waals surface area contributed by atoms with E-state index < -0.39 is 29.4 Å². The first-order valence-electron chi connectivity index (χ1n) is 8.73. The number of aromatic nitrogens is 2. The fourth-order valence-electron chi connectivity index (χ4n) is 3.51. The summed E-state index contributed by atoms with van der Waals surface area (Å²) in [6, 6.07) is 6.90. The lowest BCUT2D eigenvalue weighted by molar-refractivity contribution is 0.0928. The molecule has 1 aromatic heterocycles. The molecule has 3 aromatic rings. The van der Waals surface area contributed by atoms with E-state index in [9.17, 15) is 18.0 Å². The second kappa shape index (κ2) is 7.31. The number of carbonyl (C=O) groups excluding carboxylic acids is 1. The summed E-state index contributed by atoms with van der Waals surface area (Å²) in [4.78, 5) is 12.6. The highest BCUT2D eigenvalue weighted by Crippen LogP contribution is 2.32. The Bertz CT molecular complexity index is 1050. The Morgan fingerprint density at radius 2 is 2.00 bits per heavy atom. The standard InChI is InChI=1S/C20H15ClF3N3O/c21-13-3-1-4-14(23)19(13)20(28)26-16-5-2-6-17-12(16)10-25-27(17)18-8-7-11(22)9-15(18)24/h1,3-4,7-10,16H,2,5-6H2,(H,26,28). The molecule has 0 saturated carbocycles. The number of hydrogen-bond donors (Lipinski definition) is 1. The second-order valence-electron chi connectivity index (χ2n) is 6.57. The average Bonchev–Trinajstić information content (AvgIpc) is 3.06. The van der Waals surface area contributed by atoms with Crippen molar-refractivity contribution in [2.24, 2.45) is 0 Å². The molecule has 0 bridgehead atoms. The summed E-state index contributed by atoms with van der Waals surface area (Å²) >= 11 is 5.97. The normalized spacial score (nSPS) is 15.9. The number of carbonyl (C=O) groups is 1. The number of nitrogens with one attached hydrogen (secondary N) is 1. The van der Waals surface area contributed by atoms with Crippen LogP contribution in [-0.4, -0.2) is 15.7 Å². The SMILES string of the molecule is O=C(NC1CCCc2c1cnn2-c1ccc(F)cc1F)c1c(F)cccc1Cl. The molecule has 0 saturated heterocycles. The summed E-state index contributed by atoms with van der Waals surface area (Å²) in [7, 11) is 0. The average molecular weight is 406 g/mol. The van der Waals surface area contributed by atoms with E-state index in [1.54, 1.807) is 6.20 Å². The van der Waals surface area contributed by atoms with Crippen molar-refractivity contribution in [2.45, 2.75) is 25.3 Å². The Kier molecular flexibility index (Phi) is 4.85. The van der Waals surface area contributed by atoms with Crippen LogP contribution >= 0.6 is 11.6 Å². The van der Waals surface area contributed by atoms with Gasteiger partial charge >= 0.3 is 0 Å². The van der Waals surface area contributed by atoms with E-state index >= 15 is 0 Å². The molecule has 144 valence electrons. The molecule has 4 rings (SSSR count). The van der Waals surface area contributed by atoms with Gasteiger partial charge in [-0.05, 0) is 43.5 Å². The zero-order valence-corrected chi connectivity index (χ0v) is 15.3. The fourth-order valence-corrected chi connectivity index (χ4v) is 3.76. The molecule has 1 heterocycles. The molecular formula is C20H15ClF3N3O. The number of benzene rings is 2. The topological polar surface area (TPSA) is 46.9 Å². The Morgan fingerprint density at radius 1 is 1.18 bits per heavy atom. The Morgan fingerprint density at radius 3 is 2.75 bits per heavy atom. The number of halogens is 4. The van der Waals surface area contributed by atoms with Gasteiger partial charge in [-0.3, -0.25) is 4.79 Å². The van der Waals surface area contributed by atoms with Crippen LogP contribution in [0.25, 0.3) is 5.69 Å². The molecule has 2 aromatic carbocycles. The van der Waals surface area contributed by atoms with Crippen molar-refractivity contribution < 1.29 is 18.0 Å². The van der Waals surface area contributed by atoms with Crippen LogP contribution in [-0.2, 0) is 6.42 Å². The van der Waals surface area contributed by atoms with Crippen LogP contribution < -0.4 is 5.32 Å². The van der Waals surface area contributed by atoms with E-state index in [2.05, 4.69) is 10.4 Å². The highest BCUT2D eigenvalue weighted by atomic mass is 35.5. The van der Waals surface area contributed by atoms with E-state index in [-0.39, 0.29) is 16.3 Å². The first-order chi connectivity index (χ1) is 13.5. The molecule has 0 radical (unpaired) electrons. The van der Waals surface area contributed by atoms with Crippen LogP contribution in [0, 0.1) is 17.5 Å². The van der Waals surface area contributed by atoms with Crippen LogP contribution in [0.3, 0.4) is 0 Å². The van der Waals surface area contributed by atoms with Gasteiger partial charge in [0, 0.05) is 17.3 Å². The Balaban J connectivity index is 1.65. The van der Waals surface area contributed by atoms with E-state index in [0.717, 1.165) is 29.8 Å². The smallest absolute Gasteiger partial charge is 0.256 e. The molecule has 1 N–H and O–H groups in total. The van der Waals surface area contributed by atoms with Crippen molar-refractivity contribution in [2.75, 3.05) is 0 Å². The van der Waals surface area contributed by atoms with Crippen LogP contribution in [0.1, 0.15) is 40.5 Å². The minimum Gasteiger partial charge on any atom is -0.345 e. The highest BCUT2D eigenvalue weighted by Gasteiger charge is 2.28. The molecule has 1 atom stereocenters. The van der Waals surface area contributed by atoms with Crippen molar-refractivity contribution in [3.05, 3.63) is 81.9 Å². The zero-order valence-electron chi connectivity index (χ0n) is 14.6. The summed E-state index contributed by atoms with van der Waals surface area (Å²) in [6.45, 7) is 0. The summed E-state index contributed by atoms with van der Waals surface area (Å²) < 4.78 is 42.8. The molecule has 1 aliphatic rings. The minimum absolute atomic E-state index is 0.0256. The van der Waals surface area contributed by atoms with Crippen molar-refractivity contribution in [3.8, 4) is 5.69 Å². The Hall–Kier alpha value is -2.80. The number of fused-ring (bicyclic) bond motifs is 1. The monoisotopic (exact) mass is 405 g/mol. The third kappa shape index (κ3) is 3.26. The van der Waals surface area contributed by atoms with Gasteiger partial charge in [0.1, 0.15) is 17.3 Å². The predicted octanol–water partition coefficient (Wildman–Crippen LogP) is 4.75. The van der Waals surface area contributed by atoms with E-state index in [1.807, 2.05) is 0 Å². The van der Waals surface area contributed by atoms with Crippen LogP contribution in [0.4, 0.5) is 13.2 Å². The lowest BCUT2D eigenvalue weighted by Gasteiger charge is -2.24. The van der Waals surface area contributed by atoms with Crippen molar-refractivity contribution in [3.63, 3.8) is 0 Å². The molecule has 1 aliphatic carbocycles. The maximum Gasteiger partial charge on any atom is 0.256 e. The lowest BCUT2D eigenvalue weighted by atomic mass is 9.92. The number of hydrogen-bond acceptors (Lipinski definition) is 2. The van der Waals surface area contributed by atoms with Crippen molar-refractivity contribution in [1.82, 2.24) is 15.1 Å². The van der Waals surface area contributed by atoms with E-state index in [0.29, 0.717) is 12.8 Å². The van der Waals surface area contributed by atoms with E-state index in [1.165, 1.54) is 28.9 Å². The van der Waals surface area contributed by atoms with Gasteiger partial charge in [0.05, 0.1) is 22.8 Å². The third-order valence-electron chi connectivity index (χ3n) is 4.82. The largest absolute Gasteiger partial charge is 0.345 e. The van der Waals surface area contributed by atoms with Gasteiger partial charge in [-0.1, -0.05) is 17.7 Å². The van der Waals surface area contributed by atoms with Gasteiger partial charge in [0.2, 0.25) is 0 Å². The Labute approximate surface area is 163 Å². The summed E-state index contributed by atoms with van der Waals surface area (Å²) in [5.41, 5.74) is 1.36. The van der Waals surface area contributed by atoms with E-state index in [4.69, 9.17) is 11.6 Å². The van der Waals surface area contributed by atoms with Crippen LogP contribution in [0.2, 0.25) is 5.02 Å². The van der Waals surface area contributed by atoms with Crippen LogP contribution in [0.5, 0.6) is 0 Å². The molecular weight excluding hydrogens is 391 g/mol. The molecule has 1 amide bonds. The number of nitrogens with zero attached hydrogens (tertiary/aromatic N) is 2. The highest BCUT2D eigenvalue weighted by molar-refractivity contribution is 6.33. The molecule has 4 nitrogen and oxygen atoms in total. The maximum absolute atomic E-state index is 14.2. The summed E-state index contributed by atoms with van der Waals surface area (Å²) in [5, 5.41) is 7.04. The third-order valence-corrected chi connectivity index (χ3v) is 5.13. The molecule has 0 spiro atoms. The van der Waals surface area contributed by atoms with Gasteiger partial charge in [0.15, 0.2) is 5.82 Å². The van der Waals surface area contributed by atoms with Crippen LogP contribution in [0.15, 0.2) is 42.6 Å². The van der Waals surface area contributed by atoms with Gasteiger partial charge < -0.3 is 5.32 Å². The number of amides is 1. The van der Waals surface area contributed by atoms with Gasteiger partial charge in [-0.2, -0.15) is 5.10 Å². The molecule has 0 fully saturated rings. The van der Waals surface area contributed by atoms with Crippen molar-refractivity contribution >= 4 is 17.5 Å². The summed E-state index contributed by atoms with van der Waals surface area (Å²) in [6.07, 6.45) is 3.52. The minimum atomic E-state index is -0.727. The molecule has 8 heteroatoms. The lowest BCUT2D eigenvalue weighted by Crippen LogP contribution is -2.31. The maximum atomic E-state index is 14.2. The first-order valence-corrected chi connectivity index (χ1v) is 9.10. The molecule has 28 heavy (non-hydrogen) atoms. The second-order valence-corrected chi connectivity index (χ2v) is 6.98. The van der Waals surface area contributed by atoms with Gasteiger partial charge in [-0.15, -0.1) is 0 Å². The van der Waals surface area contributed by atoms with Crippen molar-refractivity contribution in [1.29, 1.82) is 0 Å². The quantitative estimate of drug-likeness (QED) is 0.683. The fraction of sp³-hybridized carbons (Fsp3) is 0.200. The molecule has 1 unspecified atom stereocenters. The summed E-state index contributed by atoms with van der Waals surface area (Å²) in [5.74, 6) is -2.73. The first kappa shape index (κ1) is 18.6. The van der Waals surface area contributed by atoms with Gasteiger partial charge in [0.25, 0.3) is 5.91 Å². The van der Waals surface area contributed by atoms with Gasteiger partial charge in [-0.25, -0.2) is 17.9 Å². The number of rotatable bonds is 3. The molecule has 0 aliphatic heterocycles. The zero-order chi connectivity index (χ0) is 19.8.